The van der Waals surface area contributed by atoms with E-state index in [0.717, 1.165) is 34.0 Å². The van der Waals surface area contributed by atoms with Crippen LogP contribution >= 0.6 is 0 Å². The fourth-order valence-corrected chi connectivity index (χ4v) is 1.86. The molecule has 0 saturated heterocycles. The summed E-state index contributed by atoms with van der Waals surface area (Å²) in [5.74, 6) is 0. The molecule has 0 radical (unpaired) electrons. The van der Waals surface area contributed by atoms with E-state index < -0.39 is 0 Å². The Morgan fingerprint density at radius 2 is 2.18 bits per heavy atom. The zero-order valence-electron chi connectivity index (χ0n) is 10.1. The molecular formula is C15H14N2. The molecule has 17 heavy (non-hydrogen) atoms. The van der Waals surface area contributed by atoms with Gasteiger partial charge in [0.25, 0.3) is 0 Å². The first-order chi connectivity index (χ1) is 8.26. The molecule has 0 aliphatic heterocycles. The molecule has 0 spiro atoms. The molecule has 0 atom stereocenters. The molecule has 1 aromatic carbocycles. The average molecular weight is 222 g/mol. The van der Waals surface area contributed by atoms with E-state index in [2.05, 4.69) is 17.1 Å². The van der Waals surface area contributed by atoms with Crippen molar-refractivity contribution in [2.45, 2.75) is 20.3 Å². The number of allylic oxidation sites excluding steroid dienone is 1. The summed E-state index contributed by atoms with van der Waals surface area (Å²) in [6.07, 6.45) is 4.57. The van der Waals surface area contributed by atoms with E-state index in [4.69, 9.17) is 5.26 Å². The van der Waals surface area contributed by atoms with Crippen molar-refractivity contribution in [3.63, 3.8) is 0 Å². The molecule has 2 heteroatoms. The Balaban J connectivity index is 2.72. The van der Waals surface area contributed by atoms with E-state index in [-0.39, 0.29) is 0 Å². The van der Waals surface area contributed by atoms with E-state index in [1.807, 2.05) is 44.3 Å². The van der Waals surface area contributed by atoms with Crippen molar-refractivity contribution in [2.75, 3.05) is 0 Å². The second kappa shape index (κ2) is 4.80. The predicted octanol–water partition coefficient (Wildman–Crippen LogP) is 3.86. The van der Waals surface area contributed by atoms with Gasteiger partial charge in [-0.25, -0.2) is 0 Å². The van der Waals surface area contributed by atoms with E-state index in [1.165, 1.54) is 0 Å². The van der Waals surface area contributed by atoms with Crippen molar-refractivity contribution in [3.05, 3.63) is 47.3 Å². The van der Waals surface area contributed by atoms with Crippen LogP contribution < -0.4 is 0 Å². The van der Waals surface area contributed by atoms with Gasteiger partial charge < -0.3 is 0 Å². The lowest BCUT2D eigenvalue weighted by atomic mass is 10.0. The second-order valence-corrected chi connectivity index (χ2v) is 3.98. The number of pyridine rings is 1. The number of nitrogens with zero attached hydrogens (tertiary/aromatic N) is 2. The average Bonchev–Trinajstić information content (AvgIpc) is 2.38. The van der Waals surface area contributed by atoms with Crippen LogP contribution in [-0.4, -0.2) is 4.98 Å². The van der Waals surface area contributed by atoms with Crippen molar-refractivity contribution in [1.29, 1.82) is 5.26 Å². The first kappa shape index (κ1) is 11.3. The van der Waals surface area contributed by atoms with Crippen molar-refractivity contribution < 1.29 is 0 Å². The number of rotatable bonds is 2. The van der Waals surface area contributed by atoms with Gasteiger partial charge in [-0.05, 0) is 24.8 Å². The zero-order valence-corrected chi connectivity index (χ0v) is 10.1. The summed E-state index contributed by atoms with van der Waals surface area (Å²) in [5.41, 5.74) is 2.80. The van der Waals surface area contributed by atoms with Gasteiger partial charge in [0.1, 0.15) is 0 Å². The quantitative estimate of drug-likeness (QED) is 0.723. The second-order valence-electron chi connectivity index (χ2n) is 3.98. The summed E-state index contributed by atoms with van der Waals surface area (Å²) in [7, 11) is 0. The topological polar surface area (TPSA) is 36.7 Å². The smallest absolute Gasteiger partial charge is 0.0947 e. The highest BCUT2D eigenvalue weighted by molar-refractivity contribution is 5.91. The van der Waals surface area contributed by atoms with Gasteiger partial charge in [0.05, 0.1) is 6.07 Å². The molecule has 2 aromatic rings. The Morgan fingerprint density at radius 1 is 1.41 bits per heavy atom. The Bertz CT molecular complexity index is 618. The third-order valence-corrected chi connectivity index (χ3v) is 2.88. The molecule has 0 unspecified atom stereocenters. The Hall–Kier alpha value is -2.14. The van der Waals surface area contributed by atoms with Crippen LogP contribution in [0.25, 0.3) is 16.8 Å². The highest BCUT2D eigenvalue weighted by Crippen LogP contribution is 2.23. The zero-order chi connectivity index (χ0) is 12.3. The third-order valence-electron chi connectivity index (χ3n) is 2.88. The van der Waals surface area contributed by atoms with Crippen LogP contribution in [-0.2, 0) is 0 Å². The number of aryl methyl sites for hydroxylation is 1. The van der Waals surface area contributed by atoms with Crippen LogP contribution in [0.4, 0.5) is 0 Å². The van der Waals surface area contributed by atoms with Crippen LogP contribution in [0.2, 0.25) is 0 Å². The maximum absolute atomic E-state index is 9.01. The molecule has 0 aliphatic carbocycles. The van der Waals surface area contributed by atoms with Gasteiger partial charge in [-0.3, -0.25) is 4.98 Å². The van der Waals surface area contributed by atoms with E-state index in [0.29, 0.717) is 0 Å². The molecule has 2 nitrogen and oxygen atoms in total. The van der Waals surface area contributed by atoms with E-state index in [9.17, 15) is 0 Å². The Kier molecular flexibility index (Phi) is 3.20. The van der Waals surface area contributed by atoms with Crippen LogP contribution in [0.3, 0.4) is 0 Å². The molecular weight excluding hydrogens is 208 g/mol. The van der Waals surface area contributed by atoms with Crippen molar-refractivity contribution >= 4 is 16.8 Å². The van der Waals surface area contributed by atoms with Gasteiger partial charge in [-0.1, -0.05) is 31.2 Å². The maximum Gasteiger partial charge on any atom is 0.0947 e. The molecule has 0 saturated carbocycles. The van der Waals surface area contributed by atoms with Crippen LogP contribution in [0.1, 0.15) is 24.6 Å². The molecule has 0 amide bonds. The fraction of sp³-hybridized carbons (Fsp3) is 0.200. The molecule has 0 aliphatic rings. The van der Waals surface area contributed by atoms with Gasteiger partial charge in [0.2, 0.25) is 0 Å². The highest BCUT2D eigenvalue weighted by Gasteiger charge is 2.04. The van der Waals surface area contributed by atoms with E-state index in [1.54, 1.807) is 0 Å². The van der Waals surface area contributed by atoms with Gasteiger partial charge in [-0.15, -0.1) is 0 Å². The van der Waals surface area contributed by atoms with Crippen molar-refractivity contribution in [1.82, 2.24) is 4.98 Å². The van der Waals surface area contributed by atoms with Gasteiger partial charge in [0.15, 0.2) is 0 Å². The van der Waals surface area contributed by atoms with Gasteiger partial charge in [0, 0.05) is 28.4 Å². The summed E-state index contributed by atoms with van der Waals surface area (Å²) >= 11 is 0. The van der Waals surface area contributed by atoms with Gasteiger partial charge in [-0.2, -0.15) is 5.26 Å². The number of fused-ring (bicyclic) bond motifs is 1. The van der Waals surface area contributed by atoms with Crippen LogP contribution in [0.15, 0.2) is 36.0 Å². The number of aromatic nitrogens is 1. The Labute approximate surface area is 101 Å². The van der Waals surface area contributed by atoms with Crippen LogP contribution in [0.5, 0.6) is 0 Å². The highest BCUT2D eigenvalue weighted by atomic mass is 14.7. The first-order valence-electron chi connectivity index (χ1n) is 5.71. The molecule has 1 heterocycles. The largest absolute Gasteiger partial charge is 0.260 e. The summed E-state index contributed by atoms with van der Waals surface area (Å²) in [5, 5.41) is 11.3. The molecule has 2 rings (SSSR count). The minimum absolute atomic E-state index is 0.749. The first-order valence-corrected chi connectivity index (χ1v) is 5.71. The van der Waals surface area contributed by atoms with Gasteiger partial charge >= 0.3 is 0 Å². The lowest BCUT2D eigenvalue weighted by molar-refractivity contribution is 1.16. The Morgan fingerprint density at radius 3 is 2.88 bits per heavy atom. The molecule has 0 bridgehead atoms. The summed E-state index contributed by atoms with van der Waals surface area (Å²) in [4.78, 5) is 4.37. The van der Waals surface area contributed by atoms with E-state index >= 15 is 0 Å². The predicted molar refractivity (Wildman–Crippen MR) is 70.4 cm³/mol. The third kappa shape index (κ3) is 2.19. The lowest BCUT2D eigenvalue weighted by Gasteiger charge is -2.06. The summed E-state index contributed by atoms with van der Waals surface area (Å²) in [6.45, 7) is 3.96. The number of hydrogen-bond acceptors (Lipinski definition) is 2. The molecule has 84 valence electrons. The molecule has 0 fully saturated rings. The molecule has 1 aromatic heterocycles. The number of nitriles is 1. The van der Waals surface area contributed by atoms with Crippen molar-refractivity contribution in [2.24, 2.45) is 0 Å². The maximum atomic E-state index is 9.01. The van der Waals surface area contributed by atoms with Crippen molar-refractivity contribution in [3.8, 4) is 6.07 Å². The number of hydrogen-bond donors (Lipinski definition) is 0. The minimum atomic E-state index is 0.749. The number of benzene rings is 1. The fourth-order valence-electron chi connectivity index (χ4n) is 1.86. The summed E-state index contributed by atoms with van der Waals surface area (Å²) < 4.78 is 0. The lowest BCUT2D eigenvalue weighted by Crippen LogP contribution is -1.89. The van der Waals surface area contributed by atoms with Crippen LogP contribution in [0, 0.1) is 18.3 Å². The summed E-state index contributed by atoms with van der Waals surface area (Å²) in [6, 6.07) is 10.3. The molecule has 0 N–H and O–H groups in total. The standard InChI is InChI=1S/C15H14N2/c1-3-12(9-16)8-15-11(2)17-10-13-6-4-5-7-14(13)15/h4-8,10H,3H2,1-2H3/b12-8+. The SMILES string of the molecule is CC/C(C#N)=C\c1c(C)ncc2ccccc12. The normalized spacial score (nSPS) is 11.5. The minimum Gasteiger partial charge on any atom is -0.260 e. The monoisotopic (exact) mass is 222 g/mol.